The molecule has 2 heterocycles. The number of ether oxygens (including phenoxy) is 1. The second-order valence-corrected chi connectivity index (χ2v) is 6.39. The van der Waals surface area contributed by atoms with Crippen molar-refractivity contribution in [3.8, 4) is 5.75 Å². The molecular formula is C16H24Cl2N2O. The van der Waals surface area contributed by atoms with E-state index in [0.717, 1.165) is 42.8 Å². The van der Waals surface area contributed by atoms with E-state index in [4.69, 9.17) is 16.3 Å². The molecule has 1 atom stereocenters. The largest absolute Gasteiger partial charge is 0.493 e. The van der Waals surface area contributed by atoms with Crippen LogP contribution < -0.4 is 10.1 Å². The number of benzene rings is 1. The van der Waals surface area contributed by atoms with Crippen LogP contribution in [0.3, 0.4) is 0 Å². The van der Waals surface area contributed by atoms with Crippen LogP contribution in [0.5, 0.6) is 5.75 Å². The van der Waals surface area contributed by atoms with Gasteiger partial charge in [-0.2, -0.15) is 0 Å². The minimum absolute atomic E-state index is 0. The fourth-order valence-electron chi connectivity index (χ4n) is 3.45. The summed E-state index contributed by atoms with van der Waals surface area (Å²) in [6, 6.07) is 4.13. The number of fused-ring (bicyclic) bond motifs is 1. The van der Waals surface area contributed by atoms with Crippen molar-refractivity contribution >= 4 is 24.0 Å². The number of rotatable bonds is 4. The Bertz CT molecular complexity index is 480. The highest BCUT2D eigenvalue weighted by molar-refractivity contribution is 6.30. The number of halogens is 2. The SMILES string of the molecule is CNCC1CCCN(Cc2cc(Cl)cc3c2OCC3)C1.Cl. The molecular weight excluding hydrogens is 307 g/mol. The highest BCUT2D eigenvalue weighted by Gasteiger charge is 2.23. The normalized spacial score (nSPS) is 21.5. The van der Waals surface area contributed by atoms with Gasteiger partial charge in [0.2, 0.25) is 0 Å². The van der Waals surface area contributed by atoms with Crippen molar-refractivity contribution in [1.29, 1.82) is 0 Å². The number of hydrogen-bond acceptors (Lipinski definition) is 3. The first-order valence-electron chi connectivity index (χ1n) is 7.57. The molecule has 0 spiro atoms. The van der Waals surface area contributed by atoms with E-state index in [-0.39, 0.29) is 12.4 Å². The van der Waals surface area contributed by atoms with Gasteiger partial charge in [0.1, 0.15) is 5.75 Å². The number of nitrogens with zero attached hydrogens (tertiary/aromatic N) is 1. The van der Waals surface area contributed by atoms with Gasteiger partial charge in [0.05, 0.1) is 6.61 Å². The summed E-state index contributed by atoms with van der Waals surface area (Å²) in [6.45, 7) is 5.22. The van der Waals surface area contributed by atoms with Gasteiger partial charge in [-0.05, 0) is 56.6 Å². The minimum Gasteiger partial charge on any atom is -0.493 e. The van der Waals surface area contributed by atoms with Crippen LogP contribution >= 0.6 is 24.0 Å². The van der Waals surface area contributed by atoms with E-state index in [1.807, 2.05) is 13.1 Å². The molecule has 1 aromatic rings. The number of likely N-dealkylation sites (tertiary alicyclic amines) is 1. The van der Waals surface area contributed by atoms with Crippen molar-refractivity contribution in [2.45, 2.75) is 25.8 Å². The van der Waals surface area contributed by atoms with Crippen LogP contribution in [0.25, 0.3) is 0 Å². The average Bonchev–Trinajstić information content (AvgIpc) is 2.87. The molecule has 0 amide bonds. The molecule has 5 heteroatoms. The molecule has 21 heavy (non-hydrogen) atoms. The molecule has 0 bridgehead atoms. The van der Waals surface area contributed by atoms with Crippen LogP contribution in [-0.4, -0.2) is 38.2 Å². The van der Waals surface area contributed by atoms with Crippen LogP contribution in [0.2, 0.25) is 5.02 Å². The zero-order valence-electron chi connectivity index (χ0n) is 12.5. The fourth-order valence-corrected chi connectivity index (χ4v) is 3.72. The third-order valence-corrected chi connectivity index (χ3v) is 4.53. The van der Waals surface area contributed by atoms with Crippen molar-refractivity contribution in [3.05, 3.63) is 28.3 Å². The summed E-state index contributed by atoms with van der Waals surface area (Å²) in [7, 11) is 2.04. The Labute approximate surface area is 138 Å². The molecule has 1 saturated heterocycles. The molecule has 2 aliphatic heterocycles. The Morgan fingerprint density at radius 2 is 2.29 bits per heavy atom. The van der Waals surface area contributed by atoms with E-state index in [1.54, 1.807) is 0 Å². The van der Waals surface area contributed by atoms with Crippen LogP contribution in [0.1, 0.15) is 24.0 Å². The maximum absolute atomic E-state index is 6.24. The zero-order valence-corrected chi connectivity index (χ0v) is 14.1. The Morgan fingerprint density at radius 1 is 1.43 bits per heavy atom. The molecule has 1 aromatic carbocycles. The third kappa shape index (κ3) is 4.04. The zero-order chi connectivity index (χ0) is 13.9. The summed E-state index contributed by atoms with van der Waals surface area (Å²) in [5, 5.41) is 4.14. The predicted molar refractivity (Wildman–Crippen MR) is 89.8 cm³/mol. The molecule has 1 fully saturated rings. The highest BCUT2D eigenvalue weighted by atomic mass is 35.5. The monoisotopic (exact) mass is 330 g/mol. The number of piperidine rings is 1. The molecule has 3 rings (SSSR count). The van der Waals surface area contributed by atoms with E-state index in [1.165, 1.54) is 37.1 Å². The smallest absolute Gasteiger partial charge is 0.127 e. The van der Waals surface area contributed by atoms with E-state index in [9.17, 15) is 0 Å². The first-order valence-corrected chi connectivity index (χ1v) is 7.95. The van der Waals surface area contributed by atoms with Gasteiger partial charge in [-0.1, -0.05) is 11.6 Å². The Hall–Kier alpha value is -0.480. The fraction of sp³-hybridized carbons (Fsp3) is 0.625. The molecule has 0 radical (unpaired) electrons. The van der Waals surface area contributed by atoms with E-state index in [0.29, 0.717) is 0 Å². The summed E-state index contributed by atoms with van der Waals surface area (Å²) < 4.78 is 5.80. The lowest BCUT2D eigenvalue weighted by Crippen LogP contribution is -2.38. The van der Waals surface area contributed by atoms with Crippen molar-refractivity contribution in [2.75, 3.05) is 33.3 Å². The molecule has 118 valence electrons. The van der Waals surface area contributed by atoms with Gasteiger partial charge in [-0.3, -0.25) is 4.90 Å². The summed E-state index contributed by atoms with van der Waals surface area (Å²) in [6.07, 6.45) is 3.61. The van der Waals surface area contributed by atoms with E-state index in [2.05, 4.69) is 16.3 Å². The molecule has 0 aliphatic carbocycles. The lowest BCUT2D eigenvalue weighted by atomic mass is 9.97. The predicted octanol–water partition coefficient (Wildman–Crippen LogP) is 3.13. The van der Waals surface area contributed by atoms with E-state index < -0.39 is 0 Å². The van der Waals surface area contributed by atoms with Gasteiger partial charge in [0, 0.05) is 30.1 Å². The summed E-state index contributed by atoms with van der Waals surface area (Å²) in [5.74, 6) is 1.85. The first kappa shape index (κ1) is 16.9. The van der Waals surface area contributed by atoms with Gasteiger partial charge >= 0.3 is 0 Å². The first-order chi connectivity index (χ1) is 9.76. The minimum atomic E-state index is 0. The maximum Gasteiger partial charge on any atom is 0.127 e. The molecule has 0 aromatic heterocycles. The molecule has 3 nitrogen and oxygen atoms in total. The van der Waals surface area contributed by atoms with Gasteiger partial charge in [-0.15, -0.1) is 12.4 Å². The number of nitrogens with one attached hydrogen (secondary N) is 1. The Balaban J connectivity index is 0.00000161. The van der Waals surface area contributed by atoms with Crippen LogP contribution in [0.4, 0.5) is 0 Å². The molecule has 0 saturated carbocycles. The van der Waals surface area contributed by atoms with Gasteiger partial charge in [-0.25, -0.2) is 0 Å². The van der Waals surface area contributed by atoms with Crippen molar-refractivity contribution in [3.63, 3.8) is 0 Å². The standard InChI is InChI=1S/C16H23ClN2O.ClH/c1-18-9-12-3-2-5-19(10-12)11-14-8-15(17)7-13-4-6-20-16(13)14;/h7-8,12,18H,2-6,9-11H2,1H3;1H. The Morgan fingerprint density at radius 3 is 3.10 bits per heavy atom. The Kier molecular flexibility index (Phi) is 6.18. The van der Waals surface area contributed by atoms with Crippen LogP contribution in [0.15, 0.2) is 12.1 Å². The number of hydrogen-bond donors (Lipinski definition) is 1. The summed E-state index contributed by atoms with van der Waals surface area (Å²) in [5.41, 5.74) is 2.53. The average molecular weight is 331 g/mol. The third-order valence-electron chi connectivity index (χ3n) is 4.32. The summed E-state index contributed by atoms with van der Waals surface area (Å²) in [4.78, 5) is 2.54. The van der Waals surface area contributed by atoms with Crippen LogP contribution in [0, 0.1) is 5.92 Å². The maximum atomic E-state index is 6.24. The van der Waals surface area contributed by atoms with Gasteiger partial charge < -0.3 is 10.1 Å². The van der Waals surface area contributed by atoms with Crippen molar-refractivity contribution in [1.82, 2.24) is 10.2 Å². The van der Waals surface area contributed by atoms with Gasteiger partial charge in [0.25, 0.3) is 0 Å². The van der Waals surface area contributed by atoms with Gasteiger partial charge in [0.15, 0.2) is 0 Å². The summed E-state index contributed by atoms with van der Waals surface area (Å²) >= 11 is 6.24. The van der Waals surface area contributed by atoms with E-state index >= 15 is 0 Å². The van der Waals surface area contributed by atoms with Crippen molar-refractivity contribution < 1.29 is 4.74 Å². The van der Waals surface area contributed by atoms with Crippen molar-refractivity contribution in [2.24, 2.45) is 5.92 Å². The lowest BCUT2D eigenvalue weighted by Gasteiger charge is -2.33. The van der Waals surface area contributed by atoms with Crippen LogP contribution in [-0.2, 0) is 13.0 Å². The highest BCUT2D eigenvalue weighted by Crippen LogP contribution is 2.34. The quantitative estimate of drug-likeness (QED) is 0.917. The molecule has 2 aliphatic rings. The second kappa shape index (κ2) is 7.68. The second-order valence-electron chi connectivity index (χ2n) is 5.95. The molecule has 1 unspecified atom stereocenters. The lowest BCUT2D eigenvalue weighted by molar-refractivity contribution is 0.165. The topological polar surface area (TPSA) is 24.5 Å². The molecule has 1 N–H and O–H groups in total.